The van der Waals surface area contributed by atoms with Crippen LogP contribution in [0, 0.1) is 0 Å². The lowest BCUT2D eigenvalue weighted by Crippen LogP contribution is -2.49. The molecule has 0 amide bonds. The van der Waals surface area contributed by atoms with Crippen molar-refractivity contribution in [2.75, 3.05) is 60.8 Å². The Hall–Kier alpha value is -5.00. The van der Waals surface area contributed by atoms with Gasteiger partial charge in [-0.25, -0.2) is 9.97 Å². The van der Waals surface area contributed by atoms with Crippen molar-refractivity contribution in [1.82, 2.24) is 20.6 Å². The van der Waals surface area contributed by atoms with E-state index in [4.69, 9.17) is 42.6 Å². The van der Waals surface area contributed by atoms with Crippen LogP contribution < -0.4 is 40.5 Å². The standard InChI is InChI=1S/2C26H33ClN4O/c2*1-26(2,3)30-20-11-13-31(14-12-20)24-16-25(28-17-18-5-7-19(27)8-6-18)29-23-15-21(32-4)9-10-22(23)24/h2*5-10,15-16,20,30H,11-14,17H2,1-4H3,(H,28,29). The Kier molecular flexibility index (Phi) is 15.3. The maximum atomic E-state index is 6.02. The van der Waals surface area contributed by atoms with Crippen molar-refractivity contribution >= 4 is 68.0 Å². The molecular weight excluding hydrogens is 840 g/mol. The fraction of sp³-hybridized carbons (Fsp3) is 0.423. The van der Waals surface area contributed by atoms with Crippen LogP contribution in [0.1, 0.15) is 78.4 Å². The summed E-state index contributed by atoms with van der Waals surface area (Å²) in [6, 6.07) is 33.6. The van der Waals surface area contributed by atoms with Crippen molar-refractivity contribution in [3.63, 3.8) is 0 Å². The maximum absolute atomic E-state index is 6.02. The van der Waals surface area contributed by atoms with Crippen LogP contribution in [0.25, 0.3) is 21.8 Å². The molecular formula is C52H66Cl2N8O2. The van der Waals surface area contributed by atoms with Gasteiger partial charge in [-0.1, -0.05) is 47.5 Å². The van der Waals surface area contributed by atoms with Crippen molar-refractivity contribution in [2.24, 2.45) is 0 Å². The molecule has 2 saturated heterocycles. The molecule has 0 spiro atoms. The van der Waals surface area contributed by atoms with Crippen LogP contribution in [-0.4, -0.2) is 73.5 Å². The molecule has 6 aromatic rings. The van der Waals surface area contributed by atoms with Gasteiger partial charge in [0.15, 0.2) is 0 Å². The molecule has 2 aliphatic rings. The first kappa shape index (κ1) is 47.0. The number of benzene rings is 4. The summed E-state index contributed by atoms with van der Waals surface area (Å²) < 4.78 is 10.9. The number of halogens is 2. The zero-order chi connectivity index (χ0) is 45.4. The third-order valence-electron chi connectivity index (χ3n) is 11.7. The van der Waals surface area contributed by atoms with Crippen LogP contribution in [-0.2, 0) is 13.1 Å². The minimum Gasteiger partial charge on any atom is -0.497 e. The molecule has 0 unspecified atom stereocenters. The highest BCUT2D eigenvalue weighted by molar-refractivity contribution is 6.30. The van der Waals surface area contributed by atoms with Crippen molar-refractivity contribution in [3.8, 4) is 11.5 Å². The van der Waals surface area contributed by atoms with Crippen molar-refractivity contribution in [2.45, 2.75) is 103 Å². The Bertz CT molecular complexity index is 2280. The molecule has 0 radical (unpaired) electrons. The molecule has 2 fully saturated rings. The monoisotopic (exact) mass is 904 g/mol. The second-order valence-corrected chi connectivity index (χ2v) is 20.0. The number of ether oxygens (including phenoxy) is 2. The quantitative estimate of drug-likeness (QED) is 0.0950. The molecule has 340 valence electrons. The zero-order valence-electron chi connectivity index (χ0n) is 38.8. The highest BCUT2D eigenvalue weighted by Gasteiger charge is 2.26. The molecule has 0 bridgehead atoms. The summed E-state index contributed by atoms with van der Waals surface area (Å²) in [7, 11) is 3.38. The number of piperidine rings is 2. The number of rotatable bonds is 12. The molecule has 10 nitrogen and oxygen atoms in total. The molecule has 4 aromatic carbocycles. The van der Waals surface area contributed by atoms with E-state index in [9.17, 15) is 0 Å². The lowest BCUT2D eigenvalue weighted by Gasteiger charge is -2.37. The first-order valence-corrected chi connectivity index (χ1v) is 23.4. The molecule has 0 atom stereocenters. The van der Waals surface area contributed by atoms with Gasteiger partial charge in [0, 0.05) is 119 Å². The predicted molar refractivity (Wildman–Crippen MR) is 270 cm³/mol. The highest BCUT2D eigenvalue weighted by atomic mass is 35.5. The lowest BCUT2D eigenvalue weighted by molar-refractivity contribution is 0.317. The van der Waals surface area contributed by atoms with E-state index in [0.29, 0.717) is 25.2 Å². The largest absolute Gasteiger partial charge is 0.497 e. The molecule has 0 saturated carbocycles. The first-order valence-electron chi connectivity index (χ1n) is 22.6. The molecule has 0 aliphatic carbocycles. The Morgan fingerprint density at radius 1 is 0.531 bits per heavy atom. The van der Waals surface area contributed by atoms with E-state index in [0.717, 1.165) is 118 Å². The summed E-state index contributed by atoms with van der Waals surface area (Å²) in [6.45, 7) is 18.9. The average Bonchev–Trinajstić information content (AvgIpc) is 3.27. The molecule has 12 heteroatoms. The Morgan fingerprint density at radius 3 is 1.22 bits per heavy atom. The summed E-state index contributed by atoms with van der Waals surface area (Å²) in [5, 5.41) is 18.3. The van der Waals surface area contributed by atoms with E-state index >= 15 is 0 Å². The molecule has 4 heterocycles. The van der Waals surface area contributed by atoms with Gasteiger partial charge < -0.3 is 40.5 Å². The third-order valence-corrected chi connectivity index (χ3v) is 12.2. The Labute approximate surface area is 390 Å². The summed E-state index contributed by atoms with van der Waals surface area (Å²) >= 11 is 12.0. The molecule has 8 rings (SSSR count). The van der Waals surface area contributed by atoms with Gasteiger partial charge >= 0.3 is 0 Å². The number of nitrogens with zero attached hydrogens (tertiary/aromatic N) is 4. The average molecular weight is 906 g/mol. The number of hydrogen-bond donors (Lipinski definition) is 4. The van der Waals surface area contributed by atoms with Crippen molar-refractivity contribution < 1.29 is 9.47 Å². The normalized spacial score (nSPS) is 15.2. The number of anilines is 4. The fourth-order valence-corrected chi connectivity index (χ4v) is 8.93. The summed E-state index contributed by atoms with van der Waals surface area (Å²) in [4.78, 5) is 14.7. The van der Waals surface area contributed by atoms with E-state index in [2.05, 4.69) is 96.9 Å². The fourth-order valence-electron chi connectivity index (χ4n) is 8.68. The van der Waals surface area contributed by atoms with Crippen LogP contribution in [0.15, 0.2) is 97.1 Å². The third kappa shape index (κ3) is 13.1. The number of fused-ring (bicyclic) bond motifs is 2. The summed E-state index contributed by atoms with van der Waals surface area (Å²) in [5.74, 6) is 3.37. The Morgan fingerprint density at radius 2 is 0.891 bits per heavy atom. The van der Waals surface area contributed by atoms with Crippen LogP contribution in [0.4, 0.5) is 23.0 Å². The Balaban J connectivity index is 0.000000191. The van der Waals surface area contributed by atoms with Gasteiger partial charge in [-0.05, 0) is 127 Å². The van der Waals surface area contributed by atoms with Crippen LogP contribution in [0.5, 0.6) is 11.5 Å². The minimum absolute atomic E-state index is 0.144. The number of methoxy groups -OCH3 is 2. The lowest BCUT2D eigenvalue weighted by atomic mass is 9.99. The topological polar surface area (TPSA) is 98.8 Å². The SMILES string of the molecule is COc1ccc2c(N3CCC(NC(C)(C)C)CC3)cc(NCc3ccc(Cl)cc3)nc2c1.COc1ccc2c(N3CCC(NC(C)(C)C)CC3)cc(NCc3ccc(Cl)cc3)nc2c1. The van der Waals surface area contributed by atoms with E-state index in [1.807, 2.05) is 72.8 Å². The number of nitrogens with one attached hydrogen (secondary N) is 4. The van der Waals surface area contributed by atoms with Gasteiger partial charge in [-0.2, -0.15) is 0 Å². The van der Waals surface area contributed by atoms with Crippen molar-refractivity contribution in [3.05, 3.63) is 118 Å². The first-order chi connectivity index (χ1) is 30.6. The van der Waals surface area contributed by atoms with Crippen LogP contribution in [0.2, 0.25) is 10.0 Å². The number of pyridine rings is 2. The predicted octanol–water partition coefficient (Wildman–Crippen LogP) is 11.7. The second kappa shape index (κ2) is 20.9. The molecule has 2 aliphatic heterocycles. The van der Waals surface area contributed by atoms with Crippen LogP contribution >= 0.6 is 23.2 Å². The van der Waals surface area contributed by atoms with E-state index in [-0.39, 0.29) is 11.1 Å². The molecule has 2 aromatic heterocycles. The zero-order valence-corrected chi connectivity index (χ0v) is 40.3. The smallest absolute Gasteiger partial charge is 0.129 e. The van der Waals surface area contributed by atoms with E-state index in [1.165, 1.54) is 11.4 Å². The minimum atomic E-state index is 0.144. The van der Waals surface area contributed by atoms with Gasteiger partial charge in [0.1, 0.15) is 23.1 Å². The molecule has 4 N–H and O–H groups in total. The highest BCUT2D eigenvalue weighted by Crippen LogP contribution is 2.35. The van der Waals surface area contributed by atoms with E-state index < -0.39 is 0 Å². The van der Waals surface area contributed by atoms with Gasteiger partial charge in [0.05, 0.1) is 25.3 Å². The van der Waals surface area contributed by atoms with Gasteiger partial charge in [-0.3, -0.25) is 0 Å². The van der Waals surface area contributed by atoms with Crippen LogP contribution in [0.3, 0.4) is 0 Å². The maximum Gasteiger partial charge on any atom is 0.129 e. The number of hydrogen-bond acceptors (Lipinski definition) is 10. The van der Waals surface area contributed by atoms with Gasteiger partial charge in [-0.15, -0.1) is 0 Å². The van der Waals surface area contributed by atoms with Crippen molar-refractivity contribution in [1.29, 1.82) is 0 Å². The summed E-state index contributed by atoms with van der Waals surface area (Å²) in [6.07, 6.45) is 4.52. The molecule has 64 heavy (non-hydrogen) atoms. The number of aromatic nitrogens is 2. The van der Waals surface area contributed by atoms with Gasteiger partial charge in [0.2, 0.25) is 0 Å². The summed E-state index contributed by atoms with van der Waals surface area (Å²) in [5.41, 5.74) is 6.95. The van der Waals surface area contributed by atoms with Gasteiger partial charge in [0.25, 0.3) is 0 Å². The second-order valence-electron chi connectivity index (χ2n) is 19.1. The van der Waals surface area contributed by atoms with E-state index in [1.54, 1.807) is 14.2 Å².